The van der Waals surface area contributed by atoms with E-state index in [1.165, 1.54) is 24.3 Å². The van der Waals surface area contributed by atoms with Crippen LogP contribution in [-0.2, 0) is 9.84 Å². The summed E-state index contributed by atoms with van der Waals surface area (Å²) in [7, 11) is -4.10. The summed E-state index contributed by atoms with van der Waals surface area (Å²) in [4.78, 5) is 22.0. The molecule has 1 aromatic heterocycles. The van der Waals surface area contributed by atoms with Crippen LogP contribution < -0.4 is 5.43 Å². The van der Waals surface area contributed by atoms with Gasteiger partial charge in [0.05, 0.1) is 15.8 Å². The van der Waals surface area contributed by atoms with Gasteiger partial charge in [-0.1, -0.05) is 18.2 Å². The van der Waals surface area contributed by atoms with E-state index in [9.17, 15) is 22.4 Å². The number of aldehydes is 1. The Morgan fingerprint density at radius 1 is 1.09 bits per heavy atom. The monoisotopic (exact) mass is 332 g/mol. The quantitative estimate of drug-likeness (QED) is 0.689. The van der Waals surface area contributed by atoms with Gasteiger partial charge in [0.1, 0.15) is 22.6 Å². The second kappa shape index (κ2) is 5.44. The molecule has 5 nitrogen and oxygen atoms in total. The molecular formula is C16H9FO5S. The molecule has 0 spiro atoms. The number of sulfone groups is 1. The molecule has 23 heavy (non-hydrogen) atoms. The summed E-state index contributed by atoms with van der Waals surface area (Å²) < 4.78 is 44.3. The number of carbonyl (C=O) groups excluding carboxylic acids is 1. The number of rotatable bonds is 3. The van der Waals surface area contributed by atoms with Gasteiger partial charge in [-0.15, -0.1) is 0 Å². The topological polar surface area (TPSA) is 81.4 Å². The molecule has 3 aromatic rings. The molecule has 0 N–H and O–H groups in total. The molecule has 0 saturated heterocycles. The van der Waals surface area contributed by atoms with Crippen LogP contribution in [0.3, 0.4) is 0 Å². The van der Waals surface area contributed by atoms with Crippen molar-refractivity contribution in [3.63, 3.8) is 0 Å². The van der Waals surface area contributed by atoms with Crippen LogP contribution >= 0.6 is 0 Å². The minimum atomic E-state index is -4.10. The van der Waals surface area contributed by atoms with E-state index in [2.05, 4.69) is 0 Å². The minimum absolute atomic E-state index is 0.0786. The van der Waals surface area contributed by atoms with E-state index >= 15 is 0 Å². The van der Waals surface area contributed by atoms with E-state index in [0.717, 1.165) is 18.4 Å². The lowest BCUT2D eigenvalue weighted by Crippen LogP contribution is -2.10. The van der Waals surface area contributed by atoms with Crippen LogP contribution in [0.4, 0.5) is 4.39 Å². The highest BCUT2D eigenvalue weighted by atomic mass is 32.2. The fourth-order valence-corrected chi connectivity index (χ4v) is 3.51. The van der Waals surface area contributed by atoms with E-state index in [1.54, 1.807) is 6.07 Å². The highest BCUT2D eigenvalue weighted by Crippen LogP contribution is 2.26. The maximum atomic E-state index is 14.3. The lowest BCUT2D eigenvalue weighted by atomic mass is 10.2. The predicted octanol–water partition coefficient (Wildman–Crippen LogP) is 2.58. The molecule has 0 fully saturated rings. The smallest absolute Gasteiger partial charge is 0.209 e. The van der Waals surface area contributed by atoms with E-state index in [1.807, 2.05) is 0 Å². The van der Waals surface area contributed by atoms with Crippen molar-refractivity contribution in [2.24, 2.45) is 0 Å². The van der Waals surface area contributed by atoms with Gasteiger partial charge in [-0.05, 0) is 18.2 Å². The normalized spacial score (nSPS) is 11.5. The molecule has 0 saturated carbocycles. The first-order valence-corrected chi connectivity index (χ1v) is 7.94. The Bertz CT molecular complexity index is 1070. The Morgan fingerprint density at radius 3 is 2.43 bits per heavy atom. The van der Waals surface area contributed by atoms with Crippen LogP contribution in [0.5, 0.6) is 0 Å². The van der Waals surface area contributed by atoms with Crippen molar-refractivity contribution in [1.29, 1.82) is 0 Å². The number of carbonyl (C=O) groups is 1. The number of hydrogen-bond donors (Lipinski definition) is 0. The third-order valence-electron chi connectivity index (χ3n) is 3.32. The summed E-state index contributed by atoms with van der Waals surface area (Å²) in [6, 6.07) is 9.06. The molecule has 7 heteroatoms. The van der Waals surface area contributed by atoms with Crippen LogP contribution in [-0.4, -0.2) is 14.7 Å². The Morgan fingerprint density at radius 2 is 1.78 bits per heavy atom. The molecule has 0 aliphatic carbocycles. The first-order valence-electron chi connectivity index (χ1n) is 6.45. The number of halogens is 1. The Labute approximate surface area is 129 Å². The summed E-state index contributed by atoms with van der Waals surface area (Å²) in [5.41, 5.74) is -1.10. The lowest BCUT2D eigenvalue weighted by molar-refractivity contribution is 0.112. The Hall–Kier alpha value is -2.80. The summed E-state index contributed by atoms with van der Waals surface area (Å²) in [6.45, 7) is 0. The van der Waals surface area contributed by atoms with Gasteiger partial charge >= 0.3 is 0 Å². The van der Waals surface area contributed by atoms with Gasteiger partial charge in [0.25, 0.3) is 0 Å². The van der Waals surface area contributed by atoms with Gasteiger partial charge in [0, 0.05) is 6.07 Å². The second-order valence-electron chi connectivity index (χ2n) is 4.73. The van der Waals surface area contributed by atoms with E-state index in [-0.39, 0.29) is 27.7 Å². The van der Waals surface area contributed by atoms with Crippen LogP contribution in [0.25, 0.3) is 11.0 Å². The second-order valence-corrected chi connectivity index (χ2v) is 6.65. The average molecular weight is 332 g/mol. The van der Waals surface area contributed by atoms with Crippen LogP contribution in [0, 0.1) is 5.82 Å². The summed E-state index contributed by atoms with van der Waals surface area (Å²) in [5.74, 6) is -1.09. The molecule has 0 unspecified atom stereocenters. The number of hydrogen-bond acceptors (Lipinski definition) is 5. The van der Waals surface area contributed by atoms with Gasteiger partial charge in [0.15, 0.2) is 6.29 Å². The number of fused-ring (bicyclic) bond motifs is 1. The van der Waals surface area contributed by atoms with Gasteiger partial charge in [0.2, 0.25) is 15.3 Å². The first-order chi connectivity index (χ1) is 10.9. The van der Waals surface area contributed by atoms with Crippen molar-refractivity contribution in [3.8, 4) is 0 Å². The van der Waals surface area contributed by atoms with Gasteiger partial charge in [-0.3, -0.25) is 9.59 Å². The first kappa shape index (κ1) is 15.1. The Balaban J connectivity index is 2.30. The van der Waals surface area contributed by atoms with E-state index in [0.29, 0.717) is 0 Å². The molecule has 0 atom stereocenters. The highest BCUT2D eigenvalue weighted by Gasteiger charge is 2.23. The molecule has 2 aromatic carbocycles. The highest BCUT2D eigenvalue weighted by molar-refractivity contribution is 7.91. The molecule has 116 valence electrons. The largest absolute Gasteiger partial charge is 0.463 e. The molecule has 0 amide bonds. The average Bonchev–Trinajstić information content (AvgIpc) is 2.56. The third-order valence-corrected chi connectivity index (χ3v) is 5.11. The van der Waals surface area contributed by atoms with Gasteiger partial charge in [-0.2, -0.15) is 0 Å². The lowest BCUT2D eigenvalue weighted by Gasteiger charge is -2.07. The van der Waals surface area contributed by atoms with Crippen molar-refractivity contribution in [2.75, 3.05) is 0 Å². The number of benzene rings is 2. The molecule has 0 aliphatic heterocycles. The summed E-state index contributed by atoms with van der Waals surface area (Å²) >= 11 is 0. The standard InChI is InChI=1S/C16H9FO5S/c17-13-6-12-14(22-9-10(8-18)16(12)19)7-15(13)23(20,21)11-4-2-1-3-5-11/h1-9H. The van der Waals surface area contributed by atoms with Crippen molar-refractivity contribution in [2.45, 2.75) is 9.79 Å². The fraction of sp³-hybridized carbons (Fsp3) is 0. The maximum Gasteiger partial charge on any atom is 0.209 e. The summed E-state index contributed by atoms with van der Waals surface area (Å²) in [5, 5.41) is -0.195. The molecular weight excluding hydrogens is 323 g/mol. The van der Waals surface area contributed by atoms with Crippen molar-refractivity contribution in [1.82, 2.24) is 0 Å². The minimum Gasteiger partial charge on any atom is -0.463 e. The van der Waals surface area contributed by atoms with Crippen LogP contribution in [0.15, 0.2) is 67.7 Å². The molecule has 1 heterocycles. The van der Waals surface area contributed by atoms with Crippen molar-refractivity contribution < 1.29 is 22.0 Å². The van der Waals surface area contributed by atoms with Gasteiger partial charge in [-0.25, -0.2) is 12.8 Å². The zero-order chi connectivity index (χ0) is 16.6. The SMILES string of the molecule is O=Cc1coc2cc(S(=O)(=O)c3ccccc3)c(F)cc2c1=O. The molecule has 0 aliphatic rings. The van der Waals surface area contributed by atoms with Crippen LogP contribution in [0.2, 0.25) is 0 Å². The maximum absolute atomic E-state index is 14.3. The zero-order valence-corrected chi connectivity index (χ0v) is 12.3. The summed E-state index contributed by atoms with van der Waals surface area (Å²) in [6.07, 6.45) is 1.20. The third kappa shape index (κ3) is 2.44. The van der Waals surface area contributed by atoms with Crippen LogP contribution in [0.1, 0.15) is 10.4 Å². The molecule has 0 radical (unpaired) electrons. The zero-order valence-electron chi connectivity index (χ0n) is 11.5. The van der Waals surface area contributed by atoms with Gasteiger partial charge < -0.3 is 4.42 Å². The molecule has 0 bridgehead atoms. The van der Waals surface area contributed by atoms with E-state index in [4.69, 9.17) is 4.42 Å². The van der Waals surface area contributed by atoms with Crippen molar-refractivity contribution in [3.05, 3.63) is 70.3 Å². The van der Waals surface area contributed by atoms with E-state index < -0.39 is 26.0 Å². The Kier molecular flexibility index (Phi) is 3.57. The fourth-order valence-electron chi connectivity index (χ4n) is 2.16. The molecule has 3 rings (SSSR count). The van der Waals surface area contributed by atoms with Crippen molar-refractivity contribution >= 4 is 27.1 Å². The predicted molar refractivity (Wildman–Crippen MR) is 79.7 cm³/mol.